The highest BCUT2D eigenvalue weighted by Gasteiger charge is 2.22. The summed E-state index contributed by atoms with van der Waals surface area (Å²) in [5, 5.41) is 10.0. The maximum absolute atomic E-state index is 11.1. The van der Waals surface area contributed by atoms with Crippen LogP contribution in [0.15, 0.2) is 53.4 Å². The van der Waals surface area contributed by atoms with E-state index in [-0.39, 0.29) is 11.6 Å². The number of carboxylic acids is 1. The smallest absolute Gasteiger partial charge is 0.335 e. The van der Waals surface area contributed by atoms with Gasteiger partial charge in [-0.05, 0) is 37.3 Å². The molecule has 122 valence electrons. The third-order valence-electron chi connectivity index (χ3n) is 3.48. The van der Waals surface area contributed by atoms with Crippen molar-refractivity contribution < 1.29 is 9.90 Å². The first-order valence-corrected chi connectivity index (χ1v) is 10.7. The van der Waals surface area contributed by atoms with Crippen molar-refractivity contribution in [3.63, 3.8) is 0 Å². The second kappa shape index (κ2) is 6.80. The van der Waals surface area contributed by atoms with Gasteiger partial charge in [0.05, 0.1) is 21.8 Å². The molecule has 0 bridgehead atoms. The van der Waals surface area contributed by atoms with Crippen molar-refractivity contribution in [1.29, 1.82) is 0 Å². The Morgan fingerprint density at radius 2 is 2.08 bits per heavy atom. The summed E-state index contributed by atoms with van der Waals surface area (Å²) in [5.41, 5.74) is 1.15. The zero-order valence-corrected chi connectivity index (χ0v) is 15.4. The first-order valence-electron chi connectivity index (χ1n) is 7.16. The number of carboxylic acid groups (broad SMARTS) is 1. The molecule has 8 heteroatoms. The molecule has 24 heavy (non-hydrogen) atoms. The van der Waals surface area contributed by atoms with Gasteiger partial charge in [-0.3, -0.25) is 4.72 Å². The number of fused-ring (bicyclic) bond motifs is 1. The maximum atomic E-state index is 11.1. The number of aromatic nitrogens is 1. The lowest BCUT2D eigenvalue weighted by molar-refractivity contribution is 0.0696. The third kappa shape index (κ3) is 3.61. The van der Waals surface area contributed by atoms with Crippen molar-refractivity contribution in [3.05, 3.63) is 59.1 Å². The average molecular weight is 374 g/mol. The highest BCUT2D eigenvalue weighted by Crippen LogP contribution is 2.54. The molecule has 0 amide bonds. The predicted octanol–water partition coefficient (Wildman–Crippen LogP) is 4.35. The lowest BCUT2D eigenvalue weighted by Gasteiger charge is -2.35. The molecule has 3 aromatic rings. The van der Waals surface area contributed by atoms with Crippen molar-refractivity contribution in [1.82, 2.24) is 9.71 Å². The van der Waals surface area contributed by atoms with E-state index in [1.165, 1.54) is 6.07 Å². The Bertz CT molecular complexity index is 865. The van der Waals surface area contributed by atoms with Crippen LogP contribution in [-0.4, -0.2) is 23.2 Å². The number of benzene rings is 2. The largest absolute Gasteiger partial charge is 0.478 e. The first-order chi connectivity index (χ1) is 11.4. The van der Waals surface area contributed by atoms with Crippen molar-refractivity contribution in [3.8, 4) is 0 Å². The Kier molecular flexibility index (Phi) is 4.91. The molecule has 2 unspecified atom stereocenters. The molecule has 2 aromatic carbocycles. The molecule has 1 heterocycles. The molecule has 0 saturated carbocycles. The number of thiazole rings is 1. The molecule has 4 nitrogen and oxygen atoms in total. The van der Waals surface area contributed by atoms with Crippen LogP contribution in [0.1, 0.15) is 28.3 Å². The van der Waals surface area contributed by atoms with Crippen LogP contribution in [0.25, 0.3) is 10.2 Å². The van der Waals surface area contributed by atoms with E-state index in [4.69, 9.17) is 12.2 Å². The van der Waals surface area contributed by atoms with Gasteiger partial charge in [0.25, 0.3) is 0 Å². The lowest BCUT2D eigenvalue weighted by Crippen LogP contribution is -2.21. The van der Waals surface area contributed by atoms with Gasteiger partial charge in [0.15, 0.2) is 7.12 Å². The van der Waals surface area contributed by atoms with Gasteiger partial charge in [-0.15, -0.1) is 23.0 Å². The van der Waals surface area contributed by atoms with Crippen molar-refractivity contribution in [2.24, 2.45) is 0 Å². The minimum Gasteiger partial charge on any atom is -0.478 e. The molecular formula is C16H15BN2O2S3. The van der Waals surface area contributed by atoms with E-state index < -0.39 is 15.1 Å². The van der Waals surface area contributed by atoms with Gasteiger partial charge in [0.2, 0.25) is 0 Å². The molecule has 0 aliphatic heterocycles. The SMILES string of the molecule is [B]S(S)(NC(C)c1nc2ccccc2s1)c1cccc(C(=O)O)c1. The Morgan fingerprint density at radius 3 is 2.79 bits per heavy atom. The fourth-order valence-electron chi connectivity index (χ4n) is 2.29. The summed E-state index contributed by atoms with van der Waals surface area (Å²) >= 11 is 6.18. The molecule has 2 N–H and O–H groups in total. The normalized spacial score (nSPS) is 16.4. The fraction of sp³-hybridized carbons (Fsp3) is 0.125. The Balaban J connectivity index is 1.85. The zero-order valence-electron chi connectivity index (χ0n) is 12.8. The molecule has 0 fully saturated rings. The van der Waals surface area contributed by atoms with Crippen molar-refractivity contribution in [2.45, 2.75) is 17.9 Å². The summed E-state index contributed by atoms with van der Waals surface area (Å²) in [5.74, 6) is -0.986. The van der Waals surface area contributed by atoms with E-state index in [1.54, 1.807) is 29.5 Å². The molecule has 0 aliphatic carbocycles. The van der Waals surface area contributed by atoms with Gasteiger partial charge in [-0.1, -0.05) is 18.2 Å². The number of para-hydroxylation sites is 1. The number of aromatic carboxylic acids is 1. The van der Waals surface area contributed by atoms with Crippen LogP contribution in [0, 0.1) is 0 Å². The Labute approximate surface area is 151 Å². The van der Waals surface area contributed by atoms with E-state index in [1.807, 2.05) is 31.2 Å². The van der Waals surface area contributed by atoms with E-state index in [9.17, 15) is 4.79 Å². The predicted molar refractivity (Wildman–Crippen MR) is 105 cm³/mol. The van der Waals surface area contributed by atoms with Gasteiger partial charge >= 0.3 is 5.97 Å². The summed E-state index contributed by atoms with van der Waals surface area (Å²) in [6.07, 6.45) is 0. The number of hydrogen-bond donors (Lipinski definition) is 3. The van der Waals surface area contributed by atoms with Gasteiger partial charge in [-0.2, -0.15) is 9.10 Å². The summed E-state index contributed by atoms with van der Waals surface area (Å²) in [6.45, 7) is 1.98. The summed E-state index contributed by atoms with van der Waals surface area (Å²) < 4.78 is 4.41. The highest BCUT2D eigenvalue weighted by atomic mass is 33.1. The monoisotopic (exact) mass is 374 g/mol. The number of rotatable bonds is 5. The second-order valence-corrected chi connectivity index (χ2v) is 10.1. The zero-order chi connectivity index (χ0) is 17.3. The van der Waals surface area contributed by atoms with Gasteiger partial charge in [-0.25, -0.2) is 9.78 Å². The van der Waals surface area contributed by atoms with Crippen LogP contribution in [-0.2, 0) is 0 Å². The molecule has 2 atom stereocenters. The Hall–Kier alpha value is -1.48. The average Bonchev–Trinajstić information content (AvgIpc) is 2.99. The van der Waals surface area contributed by atoms with E-state index in [0.717, 1.165) is 15.2 Å². The summed E-state index contributed by atoms with van der Waals surface area (Å²) in [6, 6.07) is 14.4. The van der Waals surface area contributed by atoms with E-state index in [2.05, 4.69) is 21.4 Å². The van der Waals surface area contributed by atoms with Crippen molar-refractivity contribution in [2.75, 3.05) is 0 Å². The molecule has 0 saturated heterocycles. The van der Waals surface area contributed by atoms with Gasteiger partial charge < -0.3 is 5.11 Å². The lowest BCUT2D eigenvalue weighted by atomic mass is 10.2. The number of carbonyl (C=O) groups is 1. The second-order valence-electron chi connectivity index (χ2n) is 5.32. The van der Waals surface area contributed by atoms with Crippen LogP contribution in [0.2, 0.25) is 0 Å². The van der Waals surface area contributed by atoms with Gasteiger partial charge in [0, 0.05) is 4.90 Å². The minimum absolute atomic E-state index is 0.103. The summed E-state index contributed by atoms with van der Waals surface area (Å²) in [7, 11) is 4.21. The highest BCUT2D eigenvalue weighted by molar-refractivity contribution is 8.95. The van der Waals surface area contributed by atoms with Crippen LogP contribution < -0.4 is 4.72 Å². The maximum Gasteiger partial charge on any atom is 0.335 e. The number of hydrogen-bond acceptors (Lipinski definition) is 5. The molecule has 0 aliphatic rings. The molecule has 1 aromatic heterocycles. The first kappa shape index (κ1) is 17.4. The van der Waals surface area contributed by atoms with Crippen LogP contribution >= 0.6 is 32.1 Å². The number of thiol groups is 1. The van der Waals surface area contributed by atoms with E-state index in [0.29, 0.717) is 4.90 Å². The topological polar surface area (TPSA) is 62.2 Å². The minimum atomic E-state index is -2.15. The van der Waals surface area contributed by atoms with Crippen LogP contribution in [0.3, 0.4) is 0 Å². The summed E-state index contributed by atoms with van der Waals surface area (Å²) in [4.78, 5) is 16.4. The standard InChI is InChI=1S/C16H15BN2O2S3/c1-10(15-18-13-7-2-3-8-14(13)23-15)19-24(17,22)12-6-4-5-11(9-12)16(20)21/h2-10,19,22H,1H3,(H,20,21). The van der Waals surface area contributed by atoms with Crippen LogP contribution in [0.5, 0.6) is 0 Å². The number of nitrogens with zero attached hydrogens (tertiary/aromatic N) is 1. The molecule has 0 spiro atoms. The molecule has 2 radical (unpaired) electrons. The molecule has 3 rings (SSSR count). The fourth-order valence-corrected chi connectivity index (χ4v) is 5.52. The quantitative estimate of drug-likeness (QED) is 0.353. The van der Waals surface area contributed by atoms with Gasteiger partial charge in [0.1, 0.15) is 5.01 Å². The van der Waals surface area contributed by atoms with Crippen molar-refractivity contribution >= 4 is 55.4 Å². The van der Waals surface area contributed by atoms with Crippen LogP contribution in [0.4, 0.5) is 0 Å². The third-order valence-corrected chi connectivity index (χ3v) is 7.33. The van der Waals surface area contributed by atoms with E-state index >= 15 is 0 Å². The molecular weight excluding hydrogens is 359 g/mol. The number of nitrogens with one attached hydrogen (secondary N) is 1. The Morgan fingerprint density at radius 1 is 1.33 bits per heavy atom.